The standard InChI is InChI=1S/C18H22F4N6O/c1-23-18(25-10-15-24-7-9-28(15)16(19)20)26-12-6-8-27(11-12)13-4-2-3-5-14(13)29-17(21)22/h2-5,7,9,12,16-17H,6,8,10-11H2,1H3,(H2,23,25,26). The van der Waals surface area contributed by atoms with Gasteiger partial charge in [0.05, 0.1) is 12.2 Å². The van der Waals surface area contributed by atoms with Crippen molar-refractivity contribution < 1.29 is 22.3 Å². The highest BCUT2D eigenvalue weighted by atomic mass is 19.3. The highest BCUT2D eigenvalue weighted by molar-refractivity contribution is 5.80. The lowest BCUT2D eigenvalue weighted by Crippen LogP contribution is -2.44. The molecule has 0 spiro atoms. The van der Waals surface area contributed by atoms with E-state index >= 15 is 0 Å². The van der Waals surface area contributed by atoms with Gasteiger partial charge in [-0.25, -0.2) is 4.98 Å². The number of imidazole rings is 1. The predicted molar refractivity (Wildman–Crippen MR) is 101 cm³/mol. The number of para-hydroxylation sites is 2. The van der Waals surface area contributed by atoms with Crippen LogP contribution in [0.5, 0.6) is 5.75 Å². The number of hydrogen-bond donors (Lipinski definition) is 2. The van der Waals surface area contributed by atoms with Gasteiger partial charge < -0.3 is 20.3 Å². The van der Waals surface area contributed by atoms with Gasteiger partial charge in [0.15, 0.2) is 5.96 Å². The normalized spacial score (nSPS) is 17.3. The molecule has 0 radical (unpaired) electrons. The van der Waals surface area contributed by atoms with E-state index in [0.717, 1.165) is 11.0 Å². The third-order valence-electron chi connectivity index (χ3n) is 4.55. The number of nitrogens with zero attached hydrogens (tertiary/aromatic N) is 4. The largest absolute Gasteiger partial charge is 0.433 e. The van der Waals surface area contributed by atoms with Gasteiger partial charge in [0.1, 0.15) is 11.6 Å². The van der Waals surface area contributed by atoms with Gasteiger partial charge >= 0.3 is 13.2 Å². The van der Waals surface area contributed by atoms with Crippen molar-refractivity contribution in [3.8, 4) is 5.75 Å². The number of aliphatic imine (C=N–C) groups is 1. The minimum Gasteiger partial charge on any atom is -0.433 e. The molecule has 2 aromatic rings. The first-order chi connectivity index (χ1) is 14.0. The molecule has 0 bridgehead atoms. The summed E-state index contributed by atoms with van der Waals surface area (Å²) in [6.07, 6.45) is 3.27. The molecule has 158 valence electrons. The molecule has 29 heavy (non-hydrogen) atoms. The maximum Gasteiger partial charge on any atom is 0.387 e. The SMILES string of the molecule is CN=C(NCc1nccn1C(F)F)NC1CCN(c2ccccc2OC(F)F)C1. The second kappa shape index (κ2) is 9.48. The summed E-state index contributed by atoms with van der Waals surface area (Å²) < 4.78 is 56.4. The number of guanidine groups is 1. The van der Waals surface area contributed by atoms with E-state index in [1.807, 2.05) is 4.90 Å². The summed E-state index contributed by atoms with van der Waals surface area (Å²) in [5.41, 5.74) is 0.596. The summed E-state index contributed by atoms with van der Waals surface area (Å²) in [5.74, 6) is 0.761. The second-order valence-corrected chi connectivity index (χ2v) is 6.38. The fourth-order valence-electron chi connectivity index (χ4n) is 3.22. The van der Waals surface area contributed by atoms with Crippen LogP contribution in [0.2, 0.25) is 0 Å². The fraction of sp³-hybridized carbons (Fsp3) is 0.444. The molecular weight excluding hydrogens is 392 g/mol. The average Bonchev–Trinajstić information content (AvgIpc) is 3.34. The van der Waals surface area contributed by atoms with Crippen molar-refractivity contribution in [3.63, 3.8) is 0 Å². The molecule has 1 aliphatic rings. The zero-order chi connectivity index (χ0) is 20.8. The van der Waals surface area contributed by atoms with Crippen molar-refractivity contribution in [2.75, 3.05) is 25.0 Å². The van der Waals surface area contributed by atoms with Crippen LogP contribution < -0.4 is 20.3 Å². The van der Waals surface area contributed by atoms with Gasteiger partial charge in [0.25, 0.3) is 0 Å². The van der Waals surface area contributed by atoms with Gasteiger partial charge in [-0.1, -0.05) is 12.1 Å². The molecule has 1 saturated heterocycles. The number of aromatic nitrogens is 2. The molecule has 7 nitrogen and oxygen atoms in total. The Labute approximate surface area is 165 Å². The van der Waals surface area contributed by atoms with E-state index in [-0.39, 0.29) is 24.2 Å². The number of anilines is 1. The highest BCUT2D eigenvalue weighted by Crippen LogP contribution is 2.31. The van der Waals surface area contributed by atoms with Crippen LogP contribution in [-0.4, -0.2) is 48.3 Å². The molecule has 11 heteroatoms. The molecule has 0 saturated carbocycles. The number of hydrogen-bond acceptors (Lipinski definition) is 4. The van der Waals surface area contributed by atoms with E-state index < -0.39 is 13.2 Å². The maximum absolute atomic E-state index is 12.9. The highest BCUT2D eigenvalue weighted by Gasteiger charge is 2.26. The van der Waals surface area contributed by atoms with E-state index in [2.05, 4.69) is 25.3 Å². The Morgan fingerprint density at radius 1 is 1.31 bits per heavy atom. The first kappa shape index (κ1) is 20.7. The molecule has 2 N–H and O–H groups in total. The van der Waals surface area contributed by atoms with Crippen molar-refractivity contribution in [2.45, 2.75) is 32.2 Å². The summed E-state index contributed by atoms with van der Waals surface area (Å²) in [6, 6.07) is 6.64. The topological polar surface area (TPSA) is 66.7 Å². The Bertz CT molecular complexity index is 828. The van der Waals surface area contributed by atoms with Gasteiger partial charge in [-0.05, 0) is 18.6 Å². The van der Waals surface area contributed by atoms with Crippen LogP contribution in [-0.2, 0) is 6.54 Å². The number of halogens is 4. The van der Waals surface area contributed by atoms with E-state index in [1.165, 1.54) is 18.5 Å². The zero-order valence-corrected chi connectivity index (χ0v) is 15.7. The Kier molecular flexibility index (Phi) is 6.78. The van der Waals surface area contributed by atoms with Gasteiger partial charge in [-0.15, -0.1) is 0 Å². The average molecular weight is 414 g/mol. The summed E-state index contributed by atoms with van der Waals surface area (Å²) in [6.45, 7) is -4.28. The lowest BCUT2D eigenvalue weighted by atomic mass is 10.2. The molecule has 1 aromatic carbocycles. The first-order valence-corrected chi connectivity index (χ1v) is 9.03. The smallest absolute Gasteiger partial charge is 0.387 e. The van der Waals surface area contributed by atoms with Crippen LogP contribution in [0.15, 0.2) is 41.7 Å². The van der Waals surface area contributed by atoms with E-state index in [9.17, 15) is 17.6 Å². The maximum atomic E-state index is 12.9. The molecule has 1 atom stereocenters. The molecule has 1 aromatic heterocycles. The quantitative estimate of drug-likeness (QED) is 0.414. The molecule has 3 rings (SSSR count). The van der Waals surface area contributed by atoms with Crippen LogP contribution >= 0.6 is 0 Å². The number of rotatable bonds is 7. The van der Waals surface area contributed by atoms with Crippen LogP contribution in [0.4, 0.5) is 23.2 Å². The fourth-order valence-corrected chi connectivity index (χ4v) is 3.22. The number of alkyl halides is 4. The molecule has 0 amide bonds. The van der Waals surface area contributed by atoms with Gasteiger partial charge in [0, 0.05) is 38.6 Å². The second-order valence-electron chi connectivity index (χ2n) is 6.38. The van der Waals surface area contributed by atoms with Crippen molar-refractivity contribution in [1.82, 2.24) is 20.2 Å². The Balaban J connectivity index is 1.57. The molecule has 1 unspecified atom stereocenters. The lowest BCUT2D eigenvalue weighted by Gasteiger charge is -2.22. The molecular formula is C18H22F4N6O. The van der Waals surface area contributed by atoms with Gasteiger partial charge in [-0.2, -0.15) is 17.6 Å². The number of nitrogens with one attached hydrogen (secondary N) is 2. The molecule has 0 aliphatic carbocycles. The number of benzene rings is 1. The zero-order valence-electron chi connectivity index (χ0n) is 15.7. The van der Waals surface area contributed by atoms with Crippen molar-refractivity contribution in [1.29, 1.82) is 0 Å². The Morgan fingerprint density at radius 3 is 2.83 bits per heavy atom. The van der Waals surface area contributed by atoms with Crippen LogP contribution in [0, 0.1) is 0 Å². The molecule has 1 fully saturated rings. The minimum absolute atomic E-state index is 0.00403. The van der Waals surface area contributed by atoms with Crippen molar-refractivity contribution in [3.05, 3.63) is 42.5 Å². The van der Waals surface area contributed by atoms with Gasteiger partial charge in [-0.3, -0.25) is 9.56 Å². The van der Waals surface area contributed by atoms with Crippen LogP contribution in [0.3, 0.4) is 0 Å². The Morgan fingerprint density at radius 2 is 2.10 bits per heavy atom. The first-order valence-electron chi connectivity index (χ1n) is 9.03. The van der Waals surface area contributed by atoms with E-state index in [1.54, 1.807) is 25.2 Å². The third kappa shape index (κ3) is 5.30. The Hall–Kier alpha value is -2.98. The summed E-state index contributed by atoms with van der Waals surface area (Å²) in [5, 5.41) is 6.19. The summed E-state index contributed by atoms with van der Waals surface area (Å²) in [7, 11) is 1.58. The molecule has 2 heterocycles. The van der Waals surface area contributed by atoms with Gasteiger partial charge in [0.2, 0.25) is 0 Å². The van der Waals surface area contributed by atoms with E-state index in [4.69, 9.17) is 0 Å². The van der Waals surface area contributed by atoms with Crippen LogP contribution in [0.1, 0.15) is 18.8 Å². The summed E-state index contributed by atoms with van der Waals surface area (Å²) >= 11 is 0. The monoisotopic (exact) mass is 414 g/mol. The van der Waals surface area contributed by atoms with Crippen LogP contribution in [0.25, 0.3) is 0 Å². The predicted octanol–water partition coefficient (Wildman–Crippen LogP) is 2.82. The number of ether oxygens (including phenoxy) is 1. The third-order valence-corrected chi connectivity index (χ3v) is 4.55. The van der Waals surface area contributed by atoms with Crippen molar-refractivity contribution in [2.24, 2.45) is 4.99 Å². The minimum atomic E-state index is -2.89. The van der Waals surface area contributed by atoms with Crippen molar-refractivity contribution >= 4 is 11.6 Å². The van der Waals surface area contributed by atoms with E-state index in [0.29, 0.717) is 24.7 Å². The molecule has 1 aliphatic heterocycles. The summed E-state index contributed by atoms with van der Waals surface area (Å²) in [4.78, 5) is 9.97. The lowest BCUT2D eigenvalue weighted by molar-refractivity contribution is -0.0495.